The largest absolute Gasteiger partial charge is 0.361 e. The zero-order valence-electron chi connectivity index (χ0n) is 13.4. The van der Waals surface area contributed by atoms with E-state index in [-0.39, 0.29) is 11.7 Å². The molecule has 6 heteroatoms. The number of nitrogens with two attached hydrogens (primary N) is 1. The molecule has 0 atom stereocenters. The highest BCUT2D eigenvalue weighted by atomic mass is 19.1. The first kappa shape index (κ1) is 16.0. The molecule has 3 rings (SSSR count). The van der Waals surface area contributed by atoms with Crippen LogP contribution in [0.15, 0.2) is 24.4 Å². The molecule has 0 bridgehead atoms. The van der Waals surface area contributed by atoms with E-state index in [1.807, 2.05) is 13.2 Å². The van der Waals surface area contributed by atoms with Gasteiger partial charge in [0.15, 0.2) is 0 Å². The molecule has 0 aliphatic carbocycles. The number of amides is 1. The molecule has 4 N–H and O–H groups in total. The number of nitrogens with one attached hydrogen (secondary N) is 2. The zero-order chi connectivity index (χ0) is 16.4. The minimum atomic E-state index is -0.765. The molecule has 124 valence electrons. The number of hydrogen-bond acceptors (Lipinski definition) is 3. The second kappa shape index (κ2) is 6.29. The van der Waals surface area contributed by atoms with Crippen LogP contribution in [-0.4, -0.2) is 48.0 Å². The number of nitrogens with zero attached hydrogens (tertiary/aromatic N) is 1. The first-order valence-corrected chi connectivity index (χ1v) is 7.99. The number of carbonyl (C=O) groups excluding carboxylic acids is 1. The van der Waals surface area contributed by atoms with E-state index < -0.39 is 5.54 Å². The van der Waals surface area contributed by atoms with Gasteiger partial charge in [-0.05, 0) is 50.1 Å². The Morgan fingerprint density at radius 2 is 2.17 bits per heavy atom. The number of fused-ring (bicyclic) bond motifs is 1. The molecule has 1 aliphatic rings. The average molecular weight is 318 g/mol. The van der Waals surface area contributed by atoms with Crippen molar-refractivity contribution in [1.29, 1.82) is 0 Å². The predicted molar refractivity (Wildman–Crippen MR) is 88.6 cm³/mol. The lowest BCUT2D eigenvalue weighted by Gasteiger charge is -2.36. The minimum absolute atomic E-state index is 0.0865. The maximum Gasteiger partial charge on any atom is 0.240 e. The Labute approximate surface area is 135 Å². The van der Waals surface area contributed by atoms with E-state index in [0.29, 0.717) is 25.8 Å². The summed E-state index contributed by atoms with van der Waals surface area (Å²) in [5.74, 6) is -0.341. The van der Waals surface area contributed by atoms with Crippen molar-refractivity contribution >= 4 is 16.8 Å². The van der Waals surface area contributed by atoms with Crippen molar-refractivity contribution in [1.82, 2.24) is 15.2 Å². The lowest BCUT2D eigenvalue weighted by molar-refractivity contribution is -0.127. The van der Waals surface area contributed by atoms with Gasteiger partial charge in [0.05, 0.1) is 5.54 Å². The highest BCUT2D eigenvalue weighted by Gasteiger charge is 2.36. The second-order valence-corrected chi connectivity index (χ2v) is 6.47. The summed E-state index contributed by atoms with van der Waals surface area (Å²) in [4.78, 5) is 17.6. The van der Waals surface area contributed by atoms with Crippen LogP contribution < -0.4 is 11.1 Å². The summed E-state index contributed by atoms with van der Waals surface area (Å²) in [7, 11) is 2.04. The van der Waals surface area contributed by atoms with Crippen molar-refractivity contribution in [2.24, 2.45) is 5.73 Å². The maximum atomic E-state index is 13.4. The third-order valence-corrected chi connectivity index (χ3v) is 4.74. The average Bonchev–Trinajstić information content (AvgIpc) is 2.93. The molecule has 0 radical (unpaired) electrons. The molecule has 1 aromatic carbocycles. The van der Waals surface area contributed by atoms with E-state index in [4.69, 9.17) is 5.73 Å². The van der Waals surface area contributed by atoms with Gasteiger partial charge in [0.1, 0.15) is 5.82 Å². The van der Waals surface area contributed by atoms with Gasteiger partial charge in [-0.25, -0.2) is 4.39 Å². The Hall–Kier alpha value is -1.92. The fraction of sp³-hybridized carbons (Fsp3) is 0.471. The number of carbonyl (C=O) groups is 1. The summed E-state index contributed by atoms with van der Waals surface area (Å²) in [6.45, 7) is 2.17. The standard InChI is InChI=1S/C17H23FN4O/c1-22-8-5-17(19,6-9-22)16(23)20-7-4-12-11-21-15-3-2-13(18)10-14(12)15/h2-3,10-11,21H,4-9,19H2,1H3,(H,20,23). The quantitative estimate of drug-likeness (QED) is 0.797. The van der Waals surface area contributed by atoms with Gasteiger partial charge >= 0.3 is 0 Å². The van der Waals surface area contributed by atoms with E-state index >= 15 is 0 Å². The molecule has 1 fully saturated rings. The van der Waals surface area contributed by atoms with Gasteiger partial charge in [-0.3, -0.25) is 4.79 Å². The molecule has 1 aromatic heterocycles. The molecule has 23 heavy (non-hydrogen) atoms. The van der Waals surface area contributed by atoms with Gasteiger partial charge in [-0.1, -0.05) is 0 Å². The summed E-state index contributed by atoms with van der Waals surface area (Å²) in [5, 5.41) is 3.80. The Kier molecular flexibility index (Phi) is 4.37. The topological polar surface area (TPSA) is 74.2 Å². The second-order valence-electron chi connectivity index (χ2n) is 6.47. The molecule has 2 heterocycles. The van der Waals surface area contributed by atoms with Crippen molar-refractivity contribution in [2.75, 3.05) is 26.7 Å². The summed E-state index contributed by atoms with van der Waals surface area (Å²) >= 11 is 0. The third kappa shape index (κ3) is 3.38. The van der Waals surface area contributed by atoms with Crippen LogP contribution in [0.1, 0.15) is 18.4 Å². The van der Waals surface area contributed by atoms with Crippen molar-refractivity contribution in [3.8, 4) is 0 Å². The van der Waals surface area contributed by atoms with Gasteiger partial charge in [0.25, 0.3) is 0 Å². The molecule has 1 amide bonds. The Morgan fingerprint density at radius 1 is 1.43 bits per heavy atom. The smallest absolute Gasteiger partial charge is 0.240 e. The number of aromatic nitrogens is 1. The number of piperidine rings is 1. The van der Waals surface area contributed by atoms with Crippen molar-refractivity contribution in [3.05, 3.63) is 35.8 Å². The molecule has 0 unspecified atom stereocenters. The Morgan fingerprint density at radius 3 is 2.91 bits per heavy atom. The Bertz CT molecular complexity index is 704. The first-order valence-electron chi connectivity index (χ1n) is 7.99. The lowest BCUT2D eigenvalue weighted by Crippen LogP contribution is -2.59. The predicted octanol–water partition coefficient (Wildman–Crippen LogP) is 1.39. The van der Waals surface area contributed by atoms with Gasteiger partial charge in [0.2, 0.25) is 5.91 Å². The summed E-state index contributed by atoms with van der Waals surface area (Å²) < 4.78 is 13.4. The van der Waals surface area contributed by atoms with Gasteiger partial charge < -0.3 is 20.9 Å². The monoisotopic (exact) mass is 318 g/mol. The molecule has 2 aromatic rings. The first-order chi connectivity index (χ1) is 11.0. The molecular formula is C17H23FN4O. The molecule has 1 aliphatic heterocycles. The number of rotatable bonds is 4. The number of benzene rings is 1. The normalized spacial score (nSPS) is 18.2. The molecule has 5 nitrogen and oxygen atoms in total. The van der Waals surface area contributed by atoms with Crippen LogP contribution in [0.2, 0.25) is 0 Å². The van der Waals surface area contributed by atoms with Crippen molar-refractivity contribution in [3.63, 3.8) is 0 Å². The molecular weight excluding hydrogens is 295 g/mol. The van der Waals surface area contributed by atoms with Crippen molar-refractivity contribution < 1.29 is 9.18 Å². The Balaban J connectivity index is 1.58. The zero-order valence-corrected chi connectivity index (χ0v) is 13.4. The molecule has 0 saturated carbocycles. The van der Waals surface area contributed by atoms with Crippen LogP contribution in [0, 0.1) is 5.82 Å². The molecule has 1 saturated heterocycles. The number of hydrogen-bond donors (Lipinski definition) is 3. The number of halogens is 1. The fourth-order valence-electron chi connectivity index (χ4n) is 3.09. The van der Waals surface area contributed by atoms with Gasteiger partial charge in [-0.15, -0.1) is 0 Å². The van der Waals surface area contributed by atoms with Crippen LogP contribution in [0.3, 0.4) is 0 Å². The fourth-order valence-corrected chi connectivity index (χ4v) is 3.09. The van der Waals surface area contributed by atoms with E-state index in [0.717, 1.165) is 29.6 Å². The van der Waals surface area contributed by atoms with Crippen LogP contribution in [0.25, 0.3) is 10.9 Å². The van der Waals surface area contributed by atoms with Gasteiger partial charge in [0, 0.05) is 36.7 Å². The summed E-state index contributed by atoms with van der Waals surface area (Å²) in [6.07, 6.45) is 3.86. The molecule has 0 spiro atoms. The van der Waals surface area contributed by atoms with Crippen LogP contribution >= 0.6 is 0 Å². The lowest BCUT2D eigenvalue weighted by atomic mass is 9.88. The summed E-state index contributed by atoms with van der Waals surface area (Å²) in [5.41, 5.74) is 7.37. The number of H-pyrrole nitrogens is 1. The maximum absolute atomic E-state index is 13.4. The van der Waals surface area contributed by atoms with Crippen LogP contribution in [0.4, 0.5) is 4.39 Å². The van der Waals surface area contributed by atoms with E-state index in [9.17, 15) is 9.18 Å². The van der Waals surface area contributed by atoms with Crippen LogP contribution in [0.5, 0.6) is 0 Å². The van der Waals surface area contributed by atoms with E-state index in [2.05, 4.69) is 15.2 Å². The third-order valence-electron chi connectivity index (χ3n) is 4.74. The van der Waals surface area contributed by atoms with Crippen LogP contribution in [-0.2, 0) is 11.2 Å². The number of aromatic amines is 1. The van der Waals surface area contributed by atoms with E-state index in [1.165, 1.54) is 12.1 Å². The highest BCUT2D eigenvalue weighted by Crippen LogP contribution is 2.21. The number of likely N-dealkylation sites (tertiary alicyclic amines) is 1. The van der Waals surface area contributed by atoms with Crippen molar-refractivity contribution in [2.45, 2.75) is 24.8 Å². The SMILES string of the molecule is CN1CCC(N)(C(=O)NCCc2c[nH]c3ccc(F)cc23)CC1. The summed E-state index contributed by atoms with van der Waals surface area (Å²) in [6, 6.07) is 4.67. The van der Waals surface area contributed by atoms with Gasteiger partial charge in [-0.2, -0.15) is 0 Å². The van der Waals surface area contributed by atoms with E-state index in [1.54, 1.807) is 6.07 Å². The highest BCUT2D eigenvalue weighted by molar-refractivity contribution is 5.86. The minimum Gasteiger partial charge on any atom is -0.361 e.